The van der Waals surface area contributed by atoms with Gasteiger partial charge in [-0.2, -0.15) is 54.4 Å². The van der Waals surface area contributed by atoms with E-state index in [0.717, 1.165) is 0 Å². The first-order valence-corrected chi connectivity index (χ1v) is 18.6. The van der Waals surface area contributed by atoms with E-state index in [0.29, 0.717) is 52.1 Å². The molecule has 2 aliphatic carbocycles. The van der Waals surface area contributed by atoms with E-state index in [1.807, 2.05) is 0 Å². The number of nitrogens with zero attached hydrogens (tertiary/aromatic N) is 2. The maximum absolute atomic E-state index is 13.0. The molecule has 4 fully saturated rings. The monoisotopic (exact) mass is 780 g/mol. The summed E-state index contributed by atoms with van der Waals surface area (Å²) in [5.74, 6) is -15.3. The number of hydrogen-bond acceptors (Lipinski definition) is 10. The first kappa shape index (κ1) is 42.2. The van der Waals surface area contributed by atoms with Crippen LogP contribution in [0.25, 0.3) is 0 Å². The molecule has 2 saturated carbocycles. The molecule has 2 aliphatic heterocycles. The highest BCUT2D eigenvalue weighted by Gasteiger charge is 2.58. The Hall–Kier alpha value is -2.24. The Bertz CT molecular complexity index is 1520. The van der Waals surface area contributed by atoms with Crippen molar-refractivity contribution < 1.29 is 79.7 Å². The molecule has 4 rings (SSSR count). The number of ether oxygens (including phenoxy) is 4. The Morgan fingerprint density at radius 2 is 1.10 bits per heavy atom. The lowest BCUT2D eigenvalue weighted by molar-refractivity contribution is -0.282. The largest absolute Gasteiger partial charge is 0.453 e. The molecule has 0 radical (unpaired) electrons. The van der Waals surface area contributed by atoms with Crippen molar-refractivity contribution in [2.45, 2.75) is 105 Å². The quantitative estimate of drug-likeness (QED) is 0.204. The van der Waals surface area contributed by atoms with Gasteiger partial charge in [-0.25, -0.2) is 16.8 Å². The van der Waals surface area contributed by atoms with Crippen LogP contribution >= 0.6 is 0 Å². The minimum absolute atomic E-state index is 0.137. The highest BCUT2D eigenvalue weighted by molar-refractivity contribution is 7.95. The van der Waals surface area contributed by atoms with Gasteiger partial charge in [-0.3, -0.25) is 0 Å². The lowest BCUT2D eigenvalue weighted by Crippen LogP contribution is -2.42. The number of halogens is 10. The summed E-state index contributed by atoms with van der Waals surface area (Å²) in [6.45, 7) is 1.62. The van der Waals surface area contributed by atoms with Crippen molar-refractivity contribution in [3.8, 4) is 12.1 Å². The van der Waals surface area contributed by atoms with Crippen molar-refractivity contribution in [1.29, 1.82) is 10.5 Å². The van der Waals surface area contributed by atoms with Crippen LogP contribution in [0, 0.1) is 28.6 Å². The van der Waals surface area contributed by atoms with Gasteiger partial charge in [0.1, 0.15) is 11.0 Å². The van der Waals surface area contributed by atoms with Crippen LogP contribution < -0.4 is 0 Å². The molecule has 22 heteroatoms. The molecule has 0 aromatic rings. The summed E-state index contributed by atoms with van der Waals surface area (Å²) in [6, 6.07) is 3.02. The zero-order chi connectivity index (χ0) is 37.9. The van der Waals surface area contributed by atoms with E-state index in [1.165, 1.54) is 6.07 Å². The van der Waals surface area contributed by atoms with Crippen LogP contribution in [0.1, 0.15) is 64.2 Å². The average Bonchev–Trinajstić information content (AvgIpc) is 3.67. The normalized spacial score (nSPS) is 23.5. The predicted octanol–water partition coefficient (Wildman–Crippen LogP) is 5.90. The first-order valence-electron chi connectivity index (χ1n) is 15.3. The van der Waals surface area contributed by atoms with Gasteiger partial charge in [-0.1, -0.05) is 0 Å². The van der Waals surface area contributed by atoms with Crippen molar-refractivity contribution >= 4 is 19.7 Å². The summed E-state index contributed by atoms with van der Waals surface area (Å²) in [6.07, 6.45) is -13.4. The van der Waals surface area contributed by atoms with E-state index in [9.17, 15) is 60.7 Å². The molecule has 2 heterocycles. The molecule has 1 atom stereocenters. The summed E-state index contributed by atoms with van der Waals surface area (Å²) in [4.78, 5) is -0.724. The second-order valence-corrected chi connectivity index (χ2v) is 16.5. The van der Waals surface area contributed by atoms with E-state index in [4.69, 9.17) is 29.5 Å². The van der Waals surface area contributed by atoms with Gasteiger partial charge in [0.05, 0.1) is 44.0 Å². The fourth-order valence-corrected chi connectivity index (χ4v) is 9.33. The predicted molar refractivity (Wildman–Crippen MR) is 151 cm³/mol. The average molecular weight is 781 g/mol. The van der Waals surface area contributed by atoms with Gasteiger partial charge in [0.2, 0.25) is 0 Å². The van der Waals surface area contributed by atoms with Gasteiger partial charge in [0.15, 0.2) is 36.5 Å². The number of hydrogen-bond donors (Lipinski definition) is 0. The van der Waals surface area contributed by atoms with Crippen LogP contribution in [-0.4, -0.2) is 95.8 Å². The van der Waals surface area contributed by atoms with E-state index in [1.54, 1.807) is 6.07 Å². The summed E-state index contributed by atoms with van der Waals surface area (Å²) >= 11 is 0. The Labute approximate surface area is 281 Å². The van der Waals surface area contributed by atoms with Crippen molar-refractivity contribution in [3.05, 3.63) is 10.5 Å². The third kappa shape index (κ3) is 10.00. The van der Waals surface area contributed by atoms with E-state index >= 15 is 0 Å². The van der Waals surface area contributed by atoms with Crippen LogP contribution in [-0.2, 0) is 38.6 Å². The molecule has 1 unspecified atom stereocenters. The zero-order valence-corrected chi connectivity index (χ0v) is 27.9. The summed E-state index contributed by atoms with van der Waals surface area (Å²) in [7, 11) is -8.97. The molecule has 0 aromatic carbocycles. The van der Waals surface area contributed by atoms with Crippen LogP contribution in [0.5, 0.6) is 0 Å². The maximum Gasteiger partial charge on any atom is 0.453 e. The zero-order valence-electron chi connectivity index (χ0n) is 26.2. The molecule has 2 spiro atoms. The number of allylic oxidation sites excluding steroid dienone is 2. The fraction of sp³-hybridized carbons (Fsp3) is 0.857. The molecule has 0 amide bonds. The molecular weight excluding hydrogens is 746 g/mol. The summed E-state index contributed by atoms with van der Waals surface area (Å²) in [5, 5.41) is 16.6. The highest BCUT2D eigenvalue weighted by atomic mass is 32.2. The van der Waals surface area contributed by atoms with E-state index in [2.05, 4.69) is 0 Å². The molecular formula is C28H34F10N2O8S2. The maximum atomic E-state index is 13.0. The van der Waals surface area contributed by atoms with Gasteiger partial charge < -0.3 is 18.9 Å². The van der Waals surface area contributed by atoms with Gasteiger partial charge >= 0.3 is 24.2 Å². The SMILES string of the molecule is N#CC(=C1CCC2(CC1)OCCO2)S(=O)(=O)CCC(F)(F)C(F)(F)F.N#CC(C1CCC2(CC1)OCCO2)S(=O)(=O)CCC(F)(F)C(F)(F)F. The van der Waals surface area contributed by atoms with Crippen LogP contribution in [0.2, 0.25) is 0 Å². The van der Waals surface area contributed by atoms with Crippen molar-refractivity contribution in [2.24, 2.45) is 5.92 Å². The Balaban J connectivity index is 0.000000270. The number of alkyl halides is 10. The van der Waals surface area contributed by atoms with Crippen LogP contribution in [0.3, 0.4) is 0 Å². The molecule has 4 aliphatic rings. The minimum atomic E-state index is -5.84. The van der Waals surface area contributed by atoms with Gasteiger partial charge in [-0.05, 0) is 37.2 Å². The number of rotatable bonds is 9. The number of sulfone groups is 2. The lowest BCUT2D eigenvalue weighted by Gasteiger charge is -2.36. The van der Waals surface area contributed by atoms with Gasteiger partial charge in [-0.15, -0.1) is 0 Å². The van der Waals surface area contributed by atoms with Crippen LogP contribution in [0.4, 0.5) is 43.9 Å². The summed E-state index contributed by atoms with van der Waals surface area (Å²) in [5.41, 5.74) is 0.211. The van der Waals surface area contributed by atoms with Crippen molar-refractivity contribution in [1.82, 2.24) is 0 Å². The van der Waals surface area contributed by atoms with E-state index < -0.39 is 95.9 Å². The van der Waals surface area contributed by atoms with Crippen molar-refractivity contribution in [2.75, 3.05) is 37.9 Å². The Morgan fingerprint density at radius 3 is 1.48 bits per heavy atom. The lowest BCUT2D eigenvalue weighted by atomic mass is 9.83. The molecule has 2 saturated heterocycles. The second-order valence-electron chi connectivity index (χ2n) is 12.2. The molecule has 286 valence electrons. The van der Waals surface area contributed by atoms with Gasteiger partial charge in [0.25, 0.3) is 0 Å². The minimum Gasteiger partial charge on any atom is -0.348 e. The highest BCUT2D eigenvalue weighted by Crippen LogP contribution is 2.43. The second kappa shape index (κ2) is 15.4. The third-order valence-electron chi connectivity index (χ3n) is 8.93. The topological polar surface area (TPSA) is 153 Å². The Kier molecular flexibility index (Phi) is 13.0. The fourth-order valence-electron chi connectivity index (χ4n) is 6.01. The smallest absolute Gasteiger partial charge is 0.348 e. The molecule has 0 N–H and O–H groups in total. The van der Waals surface area contributed by atoms with Crippen molar-refractivity contribution in [3.63, 3.8) is 0 Å². The summed E-state index contributed by atoms with van der Waals surface area (Å²) < 4.78 is 195. The number of nitriles is 2. The molecule has 0 aromatic heterocycles. The Morgan fingerprint density at radius 1 is 0.700 bits per heavy atom. The standard InChI is InChI=1S/C14H18F5NO4S.C14H16F5NO4S/c2*15-13(16,14(17,18)19)5-8-25(21,22)11(9-20)10-1-3-12(4-2-10)23-6-7-24-12/h10-11H,1-8H2;1-8H2. The van der Waals surface area contributed by atoms with Gasteiger partial charge in [0, 0.05) is 38.5 Å². The third-order valence-corrected chi connectivity index (χ3v) is 12.7. The molecule has 10 nitrogen and oxygen atoms in total. The molecule has 50 heavy (non-hydrogen) atoms. The molecule has 0 bridgehead atoms. The van der Waals surface area contributed by atoms with Crippen LogP contribution in [0.15, 0.2) is 10.5 Å². The first-order chi connectivity index (χ1) is 22.9. The van der Waals surface area contributed by atoms with E-state index in [-0.39, 0.29) is 31.3 Å².